The van der Waals surface area contributed by atoms with Gasteiger partial charge in [0.1, 0.15) is 0 Å². The van der Waals surface area contributed by atoms with Crippen molar-refractivity contribution < 1.29 is 19.4 Å². The third kappa shape index (κ3) is 3.36. The minimum absolute atomic E-state index is 0.0986. The van der Waals surface area contributed by atoms with Crippen molar-refractivity contribution in [3.63, 3.8) is 0 Å². The highest BCUT2D eigenvalue weighted by atomic mass is 16.5. The normalized spacial score (nSPS) is 23.2. The van der Waals surface area contributed by atoms with Crippen molar-refractivity contribution in [2.24, 2.45) is 5.92 Å². The minimum Gasteiger partial charge on any atom is -0.481 e. The van der Waals surface area contributed by atoms with E-state index in [1.165, 1.54) is 0 Å². The van der Waals surface area contributed by atoms with Crippen LogP contribution in [-0.4, -0.2) is 36.2 Å². The molecule has 0 saturated carbocycles. The SMILES string of the molecule is CC1OCCC1C(=O)NCC(C(=O)O)c1ccccc1. The number of nitrogens with one attached hydrogen (secondary N) is 1. The molecule has 2 rings (SSSR count). The molecule has 0 aliphatic carbocycles. The van der Waals surface area contributed by atoms with E-state index < -0.39 is 11.9 Å². The Morgan fingerprint density at radius 3 is 2.65 bits per heavy atom. The van der Waals surface area contributed by atoms with E-state index in [9.17, 15) is 14.7 Å². The van der Waals surface area contributed by atoms with Gasteiger partial charge in [-0.15, -0.1) is 0 Å². The van der Waals surface area contributed by atoms with Crippen LogP contribution in [0.5, 0.6) is 0 Å². The summed E-state index contributed by atoms with van der Waals surface area (Å²) in [5.74, 6) is -1.97. The maximum absolute atomic E-state index is 12.0. The monoisotopic (exact) mass is 277 g/mol. The first-order valence-electron chi connectivity index (χ1n) is 6.76. The number of hydrogen-bond acceptors (Lipinski definition) is 3. The van der Waals surface area contributed by atoms with Gasteiger partial charge in [0.05, 0.1) is 17.9 Å². The van der Waals surface area contributed by atoms with Gasteiger partial charge in [0, 0.05) is 13.2 Å². The van der Waals surface area contributed by atoms with Crippen LogP contribution in [0.4, 0.5) is 0 Å². The van der Waals surface area contributed by atoms with Crippen molar-refractivity contribution in [1.82, 2.24) is 5.32 Å². The number of rotatable bonds is 5. The van der Waals surface area contributed by atoms with Crippen molar-refractivity contribution in [2.75, 3.05) is 13.2 Å². The highest BCUT2D eigenvalue weighted by molar-refractivity contribution is 5.81. The summed E-state index contributed by atoms with van der Waals surface area (Å²) in [7, 11) is 0. The van der Waals surface area contributed by atoms with Crippen LogP contribution in [0.1, 0.15) is 24.8 Å². The van der Waals surface area contributed by atoms with Gasteiger partial charge >= 0.3 is 5.97 Å². The molecule has 1 aromatic carbocycles. The van der Waals surface area contributed by atoms with E-state index in [0.29, 0.717) is 18.6 Å². The van der Waals surface area contributed by atoms with Crippen LogP contribution in [-0.2, 0) is 14.3 Å². The summed E-state index contributed by atoms with van der Waals surface area (Å²) >= 11 is 0. The van der Waals surface area contributed by atoms with Crippen LogP contribution < -0.4 is 5.32 Å². The number of carboxylic acid groups (broad SMARTS) is 1. The maximum Gasteiger partial charge on any atom is 0.312 e. The van der Waals surface area contributed by atoms with Gasteiger partial charge in [-0.1, -0.05) is 30.3 Å². The number of carbonyl (C=O) groups excluding carboxylic acids is 1. The third-order valence-corrected chi connectivity index (χ3v) is 3.69. The Bertz CT molecular complexity index is 474. The van der Waals surface area contributed by atoms with Gasteiger partial charge in [0.15, 0.2) is 0 Å². The summed E-state index contributed by atoms with van der Waals surface area (Å²) < 4.78 is 5.35. The second-order valence-electron chi connectivity index (χ2n) is 5.02. The first-order chi connectivity index (χ1) is 9.59. The second-order valence-corrected chi connectivity index (χ2v) is 5.02. The molecular formula is C15H19NO4. The van der Waals surface area contributed by atoms with Crippen LogP contribution >= 0.6 is 0 Å². The molecule has 20 heavy (non-hydrogen) atoms. The number of carbonyl (C=O) groups is 2. The van der Waals surface area contributed by atoms with Crippen molar-refractivity contribution in [2.45, 2.75) is 25.4 Å². The summed E-state index contributed by atoms with van der Waals surface area (Å²) in [6.07, 6.45) is 0.589. The highest BCUT2D eigenvalue weighted by Gasteiger charge is 2.31. The largest absolute Gasteiger partial charge is 0.481 e. The van der Waals surface area contributed by atoms with Gasteiger partial charge in [0.2, 0.25) is 5.91 Å². The van der Waals surface area contributed by atoms with E-state index in [1.807, 2.05) is 13.0 Å². The van der Waals surface area contributed by atoms with E-state index in [4.69, 9.17) is 4.74 Å². The zero-order chi connectivity index (χ0) is 14.5. The molecule has 1 amide bonds. The topological polar surface area (TPSA) is 75.6 Å². The molecule has 3 atom stereocenters. The van der Waals surface area contributed by atoms with Crippen molar-refractivity contribution >= 4 is 11.9 Å². The Hall–Kier alpha value is -1.88. The number of carboxylic acids is 1. The van der Waals surface area contributed by atoms with Gasteiger partial charge < -0.3 is 15.2 Å². The fraction of sp³-hybridized carbons (Fsp3) is 0.467. The Morgan fingerprint density at radius 2 is 2.10 bits per heavy atom. The lowest BCUT2D eigenvalue weighted by Gasteiger charge is -2.17. The zero-order valence-corrected chi connectivity index (χ0v) is 11.4. The molecule has 2 N–H and O–H groups in total. The molecular weight excluding hydrogens is 258 g/mol. The van der Waals surface area contributed by atoms with E-state index in [1.54, 1.807) is 24.3 Å². The van der Waals surface area contributed by atoms with E-state index in [2.05, 4.69) is 5.32 Å². The summed E-state index contributed by atoms with van der Waals surface area (Å²) in [6, 6.07) is 8.93. The molecule has 1 heterocycles. The average molecular weight is 277 g/mol. The van der Waals surface area contributed by atoms with Crippen LogP contribution in [0, 0.1) is 5.92 Å². The first kappa shape index (κ1) is 14.5. The molecule has 3 unspecified atom stereocenters. The average Bonchev–Trinajstić information content (AvgIpc) is 2.86. The predicted molar refractivity (Wildman–Crippen MR) is 73.3 cm³/mol. The number of hydrogen-bond donors (Lipinski definition) is 2. The Kier molecular flexibility index (Phi) is 4.74. The van der Waals surface area contributed by atoms with Crippen molar-refractivity contribution in [3.05, 3.63) is 35.9 Å². The first-order valence-corrected chi connectivity index (χ1v) is 6.76. The van der Waals surface area contributed by atoms with Crippen LogP contribution in [0.15, 0.2) is 30.3 Å². The molecule has 0 radical (unpaired) electrons. The Balaban J connectivity index is 1.96. The van der Waals surface area contributed by atoms with E-state index in [0.717, 1.165) is 0 Å². The fourth-order valence-electron chi connectivity index (χ4n) is 2.44. The number of ether oxygens (including phenoxy) is 1. The molecule has 0 spiro atoms. The second kappa shape index (κ2) is 6.52. The van der Waals surface area contributed by atoms with Crippen LogP contribution in [0.3, 0.4) is 0 Å². The maximum atomic E-state index is 12.0. The predicted octanol–water partition coefficient (Wildman–Crippen LogP) is 1.40. The van der Waals surface area contributed by atoms with E-state index in [-0.39, 0.29) is 24.5 Å². The third-order valence-electron chi connectivity index (χ3n) is 3.69. The van der Waals surface area contributed by atoms with Gasteiger partial charge in [-0.2, -0.15) is 0 Å². The van der Waals surface area contributed by atoms with Gasteiger partial charge in [-0.25, -0.2) is 0 Å². The summed E-state index contributed by atoms with van der Waals surface area (Å²) in [4.78, 5) is 23.4. The molecule has 108 valence electrons. The summed E-state index contributed by atoms with van der Waals surface area (Å²) in [6.45, 7) is 2.55. The fourth-order valence-corrected chi connectivity index (χ4v) is 2.44. The molecule has 5 nitrogen and oxygen atoms in total. The standard InChI is InChI=1S/C15H19NO4/c1-10-12(7-8-20-10)14(17)16-9-13(15(18)19)11-5-3-2-4-6-11/h2-6,10,12-13H,7-9H2,1H3,(H,16,17)(H,18,19). The highest BCUT2D eigenvalue weighted by Crippen LogP contribution is 2.21. The number of aliphatic carboxylic acids is 1. The summed E-state index contributed by atoms with van der Waals surface area (Å²) in [5.41, 5.74) is 0.691. The van der Waals surface area contributed by atoms with Gasteiger partial charge in [0.25, 0.3) is 0 Å². The van der Waals surface area contributed by atoms with Gasteiger partial charge in [-0.3, -0.25) is 9.59 Å². The van der Waals surface area contributed by atoms with Gasteiger partial charge in [-0.05, 0) is 18.9 Å². The lowest BCUT2D eigenvalue weighted by Crippen LogP contribution is -2.38. The lowest BCUT2D eigenvalue weighted by molar-refractivity contribution is -0.138. The van der Waals surface area contributed by atoms with E-state index >= 15 is 0 Å². The quantitative estimate of drug-likeness (QED) is 0.853. The van der Waals surface area contributed by atoms with Crippen molar-refractivity contribution in [3.8, 4) is 0 Å². The molecule has 1 fully saturated rings. The molecule has 1 aromatic rings. The van der Waals surface area contributed by atoms with Crippen molar-refractivity contribution in [1.29, 1.82) is 0 Å². The smallest absolute Gasteiger partial charge is 0.312 e. The summed E-state index contributed by atoms with van der Waals surface area (Å²) in [5, 5.41) is 12.0. The molecule has 1 saturated heterocycles. The number of amides is 1. The molecule has 5 heteroatoms. The lowest BCUT2D eigenvalue weighted by atomic mass is 9.98. The molecule has 1 aliphatic rings. The minimum atomic E-state index is -0.938. The molecule has 0 bridgehead atoms. The Labute approximate surface area is 117 Å². The van der Waals surface area contributed by atoms with Crippen LogP contribution in [0.2, 0.25) is 0 Å². The van der Waals surface area contributed by atoms with Crippen LogP contribution in [0.25, 0.3) is 0 Å². The Morgan fingerprint density at radius 1 is 1.40 bits per heavy atom. The zero-order valence-electron chi connectivity index (χ0n) is 11.4. The number of benzene rings is 1. The molecule has 1 aliphatic heterocycles. The molecule has 0 aromatic heterocycles.